The SMILES string of the molecule is CC(C)[C@@]1(C)N[C@@](C)(c2cccnc2)C(=O)N1C. The number of nitrogens with one attached hydrogen (secondary N) is 1. The highest BCUT2D eigenvalue weighted by atomic mass is 16.2. The summed E-state index contributed by atoms with van der Waals surface area (Å²) < 4.78 is 0. The molecule has 1 N–H and O–H groups in total. The third kappa shape index (κ3) is 1.63. The number of pyridine rings is 1. The zero-order valence-corrected chi connectivity index (χ0v) is 11.7. The molecule has 1 aromatic heterocycles. The van der Waals surface area contributed by atoms with Gasteiger partial charge in [-0.05, 0) is 31.4 Å². The van der Waals surface area contributed by atoms with E-state index in [2.05, 4.69) is 31.1 Å². The second-order valence-electron chi connectivity index (χ2n) is 5.66. The summed E-state index contributed by atoms with van der Waals surface area (Å²) in [5.74, 6) is 0.414. The zero-order chi connectivity index (χ0) is 13.6. The van der Waals surface area contributed by atoms with Crippen LogP contribution in [-0.4, -0.2) is 28.5 Å². The van der Waals surface area contributed by atoms with Crippen molar-refractivity contribution in [2.75, 3.05) is 7.05 Å². The fourth-order valence-corrected chi connectivity index (χ4v) is 2.58. The smallest absolute Gasteiger partial charge is 0.248 e. The number of amides is 1. The van der Waals surface area contributed by atoms with Crippen LogP contribution in [0.1, 0.15) is 33.3 Å². The summed E-state index contributed by atoms with van der Waals surface area (Å²) in [6.45, 7) is 8.23. The first-order valence-corrected chi connectivity index (χ1v) is 6.30. The number of likely N-dealkylation sites (N-methyl/N-ethyl adjacent to an activating group) is 1. The van der Waals surface area contributed by atoms with Crippen molar-refractivity contribution in [2.45, 2.75) is 38.9 Å². The van der Waals surface area contributed by atoms with Crippen LogP contribution in [0.3, 0.4) is 0 Å². The zero-order valence-electron chi connectivity index (χ0n) is 11.7. The van der Waals surface area contributed by atoms with E-state index in [1.54, 1.807) is 12.4 Å². The van der Waals surface area contributed by atoms with Crippen molar-refractivity contribution in [1.82, 2.24) is 15.2 Å². The van der Waals surface area contributed by atoms with Crippen LogP contribution in [0.4, 0.5) is 0 Å². The monoisotopic (exact) mass is 247 g/mol. The summed E-state index contributed by atoms with van der Waals surface area (Å²) in [6, 6.07) is 3.80. The van der Waals surface area contributed by atoms with E-state index in [9.17, 15) is 4.79 Å². The molecule has 0 radical (unpaired) electrons. The number of rotatable bonds is 2. The quantitative estimate of drug-likeness (QED) is 0.865. The third-order valence-corrected chi connectivity index (χ3v) is 4.30. The lowest BCUT2D eigenvalue weighted by Gasteiger charge is -2.36. The average molecular weight is 247 g/mol. The minimum Gasteiger partial charge on any atom is -0.326 e. The van der Waals surface area contributed by atoms with Crippen molar-refractivity contribution in [3.63, 3.8) is 0 Å². The number of aromatic nitrogens is 1. The van der Waals surface area contributed by atoms with Crippen LogP contribution < -0.4 is 5.32 Å². The van der Waals surface area contributed by atoms with Crippen LogP contribution in [0.15, 0.2) is 24.5 Å². The Morgan fingerprint density at radius 2 is 2.06 bits per heavy atom. The second-order valence-corrected chi connectivity index (χ2v) is 5.66. The number of hydrogen-bond donors (Lipinski definition) is 1. The molecule has 1 saturated heterocycles. The van der Waals surface area contributed by atoms with E-state index < -0.39 is 5.54 Å². The van der Waals surface area contributed by atoms with Crippen molar-refractivity contribution < 1.29 is 4.79 Å². The molecule has 0 aromatic carbocycles. The molecule has 1 aromatic rings. The first kappa shape index (κ1) is 13.0. The molecular formula is C14H21N3O. The fraction of sp³-hybridized carbons (Fsp3) is 0.571. The predicted octanol–water partition coefficient (Wildman–Crippen LogP) is 1.73. The molecule has 0 unspecified atom stereocenters. The van der Waals surface area contributed by atoms with Gasteiger partial charge in [0, 0.05) is 19.4 Å². The van der Waals surface area contributed by atoms with E-state index >= 15 is 0 Å². The van der Waals surface area contributed by atoms with Crippen molar-refractivity contribution >= 4 is 5.91 Å². The lowest BCUT2D eigenvalue weighted by molar-refractivity contribution is -0.133. The van der Waals surface area contributed by atoms with Gasteiger partial charge < -0.3 is 4.90 Å². The summed E-state index contributed by atoms with van der Waals surface area (Å²) in [6.07, 6.45) is 3.47. The van der Waals surface area contributed by atoms with Gasteiger partial charge >= 0.3 is 0 Å². The number of carbonyl (C=O) groups is 1. The molecule has 1 amide bonds. The Bertz CT molecular complexity index is 459. The van der Waals surface area contributed by atoms with Crippen LogP contribution in [-0.2, 0) is 10.3 Å². The molecule has 4 heteroatoms. The maximum atomic E-state index is 12.6. The van der Waals surface area contributed by atoms with E-state index in [0.717, 1.165) is 5.56 Å². The van der Waals surface area contributed by atoms with Gasteiger partial charge in [0.15, 0.2) is 0 Å². The molecule has 1 aliphatic heterocycles. The number of carbonyl (C=O) groups excluding carboxylic acids is 1. The molecule has 0 bridgehead atoms. The number of hydrogen-bond acceptors (Lipinski definition) is 3. The molecular weight excluding hydrogens is 226 g/mol. The molecule has 4 nitrogen and oxygen atoms in total. The van der Waals surface area contributed by atoms with E-state index in [1.165, 1.54) is 0 Å². The minimum absolute atomic E-state index is 0.0895. The maximum absolute atomic E-state index is 12.6. The van der Waals surface area contributed by atoms with Gasteiger partial charge in [0.2, 0.25) is 5.91 Å². The Hall–Kier alpha value is -1.42. The second kappa shape index (κ2) is 4.05. The normalized spacial score (nSPS) is 32.3. The summed E-state index contributed by atoms with van der Waals surface area (Å²) in [4.78, 5) is 18.5. The number of nitrogens with zero attached hydrogens (tertiary/aromatic N) is 2. The van der Waals surface area contributed by atoms with Gasteiger partial charge in [-0.3, -0.25) is 15.1 Å². The Kier molecular flexibility index (Phi) is 2.93. The molecule has 2 rings (SSSR count). The Morgan fingerprint density at radius 1 is 1.39 bits per heavy atom. The van der Waals surface area contributed by atoms with Crippen molar-refractivity contribution in [3.05, 3.63) is 30.1 Å². The first-order chi connectivity index (χ1) is 8.32. The molecule has 18 heavy (non-hydrogen) atoms. The largest absolute Gasteiger partial charge is 0.326 e. The lowest BCUT2D eigenvalue weighted by Crippen LogP contribution is -2.53. The third-order valence-electron chi connectivity index (χ3n) is 4.30. The first-order valence-electron chi connectivity index (χ1n) is 6.30. The predicted molar refractivity (Wildman–Crippen MR) is 70.7 cm³/mol. The Balaban J connectivity index is 2.46. The molecule has 98 valence electrons. The van der Waals surface area contributed by atoms with Crippen molar-refractivity contribution in [3.8, 4) is 0 Å². The summed E-state index contributed by atoms with van der Waals surface area (Å²) in [5.41, 5.74) is -0.116. The lowest BCUT2D eigenvalue weighted by atomic mass is 9.92. The van der Waals surface area contributed by atoms with E-state index in [1.807, 2.05) is 31.0 Å². The highest BCUT2D eigenvalue weighted by molar-refractivity contribution is 5.90. The molecule has 1 aliphatic rings. The Morgan fingerprint density at radius 3 is 2.50 bits per heavy atom. The minimum atomic E-state index is -0.692. The summed E-state index contributed by atoms with van der Waals surface area (Å²) in [5, 5.41) is 3.50. The van der Waals surface area contributed by atoms with E-state index in [4.69, 9.17) is 0 Å². The molecule has 0 saturated carbocycles. The van der Waals surface area contributed by atoms with Crippen LogP contribution in [0, 0.1) is 5.92 Å². The van der Waals surface area contributed by atoms with Crippen molar-refractivity contribution in [1.29, 1.82) is 0 Å². The average Bonchev–Trinajstić information content (AvgIpc) is 2.54. The topological polar surface area (TPSA) is 45.2 Å². The van der Waals surface area contributed by atoms with Gasteiger partial charge in [-0.1, -0.05) is 19.9 Å². The highest BCUT2D eigenvalue weighted by Gasteiger charge is 2.54. The van der Waals surface area contributed by atoms with Gasteiger partial charge in [0.25, 0.3) is 0 Å². The molecule has 1 fully saturated rings. The van der Waals surface area contributed by atoms with Gasteiger partial charge in [0.1, 0.15) is 5.54 Å². The molecule has 0 aliphatic carbocycles. The fourth-order valence-electron chi connectivity index (χ4n) is 2.58. The van der Waals surface area contributed by atoms with Gasteiger partial charge in [-0.15, -0.1) is 0 Å². The van der Waals surface area contributed by atoms with Crippen LogP contribution in [0.2, 0.25) is 0 Å². The molecule has 2 heterocycles. The van der Waals surface area contributed by atoms with Crippen molar-refractivity contribution in [2.24, 2.45) is 5.92 Å². The van der Waals surface area contributed by atoms with Gasteiger partial charge in [0.05, 0.1) is 5.66 Å². The van der Waals surface area contributed by atoms with Gasteiger partial charge in [-0.25, -0.2) is 0 Å². The summed E-state index contributed by atoms with van der Waals surface area (Å²) >= 11 is 0. The Labute approximate surface area is 108 Å². The summed E-state index contributed by atoms with van der Waals surface area (Å²) in [7, 11) is 1.86. The van der Waals surface area contributed by atoms with E-state index in [-0.39, 0.29) is 11.6 Å². The van der Waals surface area contributed by atoms with Crippen LogP contribution >= 0.6 is 0 Å². The highest BCUT2D eigenvalue weighted by Crippen LogP contribution is 2.37. The standard InChI is InChI=1S/C14H21N3O/c1-10(2)14(4)16-13(3,12(18)17(14)5)11-7-6-8-15-9-11/h6-10,16H,1-5H3/t13-,14-/m0/s1. The van der Waals surface area contributed by atoms with Crippen LogP contribution in [0.25, 0.3) is 0 Å². The van der Waals surface area contributed by atoms with Crippen LogP contribution in [0.5, 0.6) is 0 Å². The molecule has 0 spiro atoms. The maximum Gasteiger partial charge on any atom is 0.248 e. The molecule has 2 atom stereocenters. The van der Waals surface area contributed by atoms with Gasteiger partial charge in [-0.2, -0.15) is 0 Å². The van der Waals surface area contributed by atoms with E-state index in [0.29, 0.717) is 5.92 Å².